The molecular formula is C13H17N3O4. The largest absolute Gasteiger partial charge is 0.481 e. The first-order valence-electron chi connectivity index (χ1n) is 6.16. The number of nitrogens with one attached hydrogen (secondary N) is 3. The lowest BCUT2D eigenvalue weighted by atomic mass is 10.3. The van der Waals surface area contributed by atoms with Gasteiger partial charge in [-0.25, -0.2) is 4.79 Å². The number of amides is 3. The van der Waals surface area contributed by atoms with E-state index in [0.29, 0.717) is 12.1 Å². The number of urea groups is 1. The van der Waals surface area contributed by atoms with Gasteiger partial charge in [0.1, 0.15) is 0 Å². The minimum absolute atomic E-state index is 0.00218. The van der Waals surface area contributed by atoms with Crippen LogP contribution in [0.4, 0.5) is 10.5 Å². The van der Waals surface area contributed by atoms with Gasteiger partial charge in [0.15, 0.2) is 0 Å². The highest BCUT2D eigenvalue weighted by atomic mass is 16.4. The fraction of sp³-hybridized carbons (Fsp3) is 0.308. The van der Waals surface area contributed by atoms with Crippen molar-refractivity contribution in [2.45, 2.75) is 12.8 Å². The Bertz CT molecular complexity index is 462. The van der Waals surface area contributed by atoms with Gasteiger partial charge in [0.25, 0.3) is 0 Å². The maximum atomic E-state index is 11.5. The van der Waals surface area contributed by atoms with Crippen molar-refractivity contribution in [3.63, 3.8) is 0 Å². The first-order valence-corrected chi connectivity index (χ1v) is 6.16. The summed E-state index contributed by atoms with van der Waals surface area (Å²) in [5.41, 5.74) is 0.631. The zero-order valence-corrected chi connectivity index (χ0v) is 10.9. The number of anilines is 1. The summed E-state index contributed by atoms with van der Waals surface area (Å²) in [4.78, 5) is 33.1. The van der Waals surface area contributed by atoms with Crippen molar-refractivity contribution < 1.29 is 19.5 Å². The molecule has 108 valence electrons. The number of aliphatic carboxylic acids is 1. The van der Waals surface area contributed by atoms with E-state index in [1.165, 1.54) is 0 Å². The number of carboxylic acid groups (broad SMARTS) is 1. The third-order valence-electron chi connectivity index (χ3n) is 2.33. The number of carboxylic acids is 1. The van der Waals surface area contributed by atoms with Gasteiger partial charge in [0.2, 0.25) is 5.91 Å². The van der Waals surface area contributed by atoms with Gasteiger partial charge < -0.3 is 21.1 Å². The van der Waals surface area contributed by atoms with Gasteiger partial charge >= 0.3 is 12.0 Å². The van der Waals surface area contributed by atoms with Gasteiger partial charge in [-0.3, -0.25) is 9.59 Å². The Morgan fingerprint density at radius 3 is 2.40 bits per heavy atom. The number of rotatable bonds is 7. The zero-order valence-electron chi connectivity index (χ0n) is 10.9. The predicted octanol–water partition coefficient (Wildman–Crippen LogP) is 0.789. The van der Waals surface area contributed by atoms with Crippen molar-refractivity contribution in [2.75, 3.05) is 18.4 Å². The molecule has 0 heterocycles. The second-order valence-electron chi connectivity index (χ2n) is 4.02. The molecule has 20 heavy (non-hydrogen) atoms. The van der Waals surface area contributed by atoms with Crippen LogP contribution in [0.2, 0.25) is 0 Å². The van der Waals surface area contributed by atoms with Crippen molar-refractivity contribution in [1.82, 2.24) is 10.6 Å². The van der Waals surface area contributed by atoms with Crippen LogP contribution >= 0.6 is 0 Å². The molecule has 1 aromatic rings. The summed E-state index contributed by atoms with van der Waals surface area (Å²) in [6.45, 7) is 0.110. The molecule has 0 aromatic heterocycles. The van der Waals surface area contributed by atoms with Crippen molar-refractivity contribution in [3.05, 3.63) is 30.3 Å². The second kappa shape index (κ2) is 8.52. The quantitative estimate of drug-likeness (QED) is 0.553. The molecule has 0 saturated carbocycles. The van der Waals surface area contributed by atoms with Crippen LogP contribution in [-0.4, -0.2) is 36.1 Å². The van der Waals surface area contributed by atoms with Crippen molar-refractivity contribution in [2.24, 2.45) is 0 Å². The average molecular weight is 279 g/mol. The zero-order chi connectivity index (χ0) is 14.8. The van der Waals surface area contributed by atoms with E-state index in [9.17, 15) is 14.4 Å². The average Bonchev–Trinajstić information content (AvgIpc) is 2.42. The van der Waals surface area contributed by atoms with Gasteiger partial charge in [-0.15, -0.1) is 0 Å². The van der Waals surface area contributed by atoms with Gasteiger partial charge in [-0.05, 0) is 18.6 Å². The van der Waals surface area contributed by atoms with Crippen molar-refractivity contribution >= 4 is 23.6 Å². The number of para-hydroxylation sites is 1. The maximum absolute atomic E-state index is 11.5. The van der Waals surface area contributed by atoms with E-state index in [-0.39, 0.29) is 25.4 Å². The molecule has 7 heteroatoms. The highest BCUT2D eigenvalue weighted by Gasteiger charge is 2.05. The summed E-state index contributed by atoms with van der Waals surface area (Å²) in [5, 5.41) is 15.9. The minimum Gasteiger partial charge on any atom is -0.481 e. The molecule has 3 amide bonds. The Balaban J connectivity index is 2.14. The summed E-state index contributed by atoms with van der Waals surface area (Å²) in [6, 6.07) is 8.37. The molecular weight excluding hydrogens is 262 g/mol. The second-order valence-corrected chi connectivity index (χ2v) is 4.02. The van der Waals surface area contributed by atoms with E-state index >= 15 is 0 Å². The predicted molar refractivity (Wildman–Crippen MR) is 73.3 cm³/mol. The van der Waals surface area contributed by atoms with Gasteiger partial charge in [0, 0.05) is 18.7 Å². The van der Waals surface area contributed by atoms with Gasteiger partial charge in [-0.1, -0.05) is 18.2 Å². The van der Waals surface area contributed by atoms with Crippen LogP contribution in [-0.2, 0) is 9.59 Å². The number of carbonyl (C=O) groups is 3. The molecule has 4 N–H and O–H groups in total. The topological polar surface area (TPSA) is 108 Å². The van der Waals surface area contributed by atoms with Crippen molar-refractivity contribution in [3.8, 4) is 0 Å². The van der Waals surface area contributed by atoms with E-state index in [0.717, 1.165) is 0 Å². The molecule has 0 spiro atoms. The molecule has 0 unspecified atom stereocenters. The number of carbonyl (C=O) groups excluding carboxylic acids is 2. The number of hydrogen-bond donors (Lipinski definition) is 4. The van der Waals surface area contributed by atoms with E-state index in [2.05, 4.69) is 16.0 Å². The Morgan fingerprint density at radius 1 is 1.05 bits per heavy atom. The van der Waals surface area contributed by atoms with Crippen LogP contribution in [0.5, 0.6) is 0 Å². The monoisotopic (exact) mass is 279 g/mol. The standard InChI is InChI=1S/C13H17N3O4/c17-11(14-8-4-7-12(18)19)9-15-13(20)16-10-5-2-1-3-6-10/h1-3,5-6H,4,7-9H2,(H,14,17)(H,18,19)(H2,15,16,20). The molecule has 1 rings (SSSR count). The normalized spacial score (nSPS) is 9.60. The first kappa shape index (κ1) is 15.5. The molecule has 0 aliphatic rings. The Morgan fingerprint density at radius 2 is 1.75 bits per heavy atom. The van der Waals surface area contributed by atoms with Crippen LogP contribution in [0.25, 0.3) is 0 Å². The molecule has 0 fully saturated rings. The highest BCUT2D eigenvalue weighted by Crippen LogP contribution is 2.03. The lowest BCUT2D eigenvalue weighted by Gasteiger charge is -2.08. The summed E-state index contributed by atoms with van der Waals surface area (Å²) in [6.07, 6.45) is 0.361. The van der Waals surface area contributed by atoms with E-state index in [1.807, 2.05) is 6.07 Å². The van der Waals surface area contributed by atoms with Crippen LogP contribution in [0.1, 0.15) is 12.8 Å². The Labute approximate surface area is 116 Å². The molecule has 0 bridgehead atoms. The van der Waals surface area contributed by atoms with E-state index in [1.54, 1.807) is 24.3 Å². The Kier molecular flexibility index (Phi) is 6.60. The lowest BCUT2D eigenvalue weighted by molar-refractivity contribution is -0.137. The molecule has 0 atom stereocenters. The van der Waals surface area contributed by atoms with Crippen LogP contribution in [0.15, 0.2) is 30.3 Å². The van der Waals surface area contributed by atoms with Gasteiger partial charge in [0.05, 0.1) is 6.54 Å². The fourth-order valence-electron chi connectivity index (χ4n) is 1.39. The fourth-order valence-corrected chi connectivity index (χ4v) is 1.39. The van der Waals surface area contributed by atoms with E-state index in [4.69, 9.17) is 5.11 Å². The number of benzene rings is 1. The minimum atomic E-state index is -0.903. The lowest BCUT2D eigenvalue weighted by Crippen LogP contribution is -2.39. The molecule has 0 radical (unpaired) electrons. The summed E-state index contributed by atoms with van der Waals surface area (Å²) < 4.78 is 0. The molecule has 1 aromatic carbocycles. The summed E-state index contributed by atoms with van der Waals surface area (Å²) >= 11 is 0. The first-order chi connectivity index (χ1) is 9.58. The van der Waals surface area contributed by atoms with Crippen LogP contribution in [0, 0.1) is 0 Å². The van der Waals surface area contributed by atoms with Gasteiger partial charge in [-0.2, -0.15) is 0 Å². The molecule has 0 aliphatic heterocycles. The molecule has 0 saturated heterocycles. The van der Waals surface area contributed by atoms with Crippen LogP contribution in [0.3, 0.4) is 0 Å². The SMILES string of the molecule is O=C(O)CCCNC(=O)CNC(=O)Nc1ccccc1. The van der Waals surface area contributed by atoms with E-state index < -0.39 is 12.0 Å². The third-order valence-corrected chi connectivity index (χ3v) is 2.33. The summed E-state index contributed by atoms with van der Waals surface area (Å²) in [5.74, 6) is -1.27. The highest BCUT2D eigenvalue weighted by molar-refractivity contribution is 5.92. The third kappa shape index (κ3) is 7.00. The number of hydrogen-bond acceptors (Lipinski definition) is 3. The smallest absolute Gasteiger partial charge is 0.319 e. The van der Waals surface area contributed by atoms with Crippen molar-refractivity contribution in [1.29, 1.82) is 0 Å². The summed E-state index contributed by atoms with van der Waals surface area (Å²) in [7, 11) is 0. The molecule has 7 nitrogen and oxygen atoms in total. The maximum Gasteiger partial charge on any atom is 0.319 e. The molecule has 0 aliphatic carbocycles. The Hall–Kier alpha value is -2.57. The van der Waals surface area contributed by atoms with Crippen LogP contribution < -0.4 is 16.0 Å².